The summed E-state index contributed by atoms with van der Waals surface area (Å²) in [5, 5.41) is 10.5. The molecule has 0 amide bonds. The molecule has 17 nitrogen and oxygen atoms in total. The van der Waals surface area contributed by atoms with Gasteiger partial charge in [-0.1, -0.05) is 266 Å². The van der Waals surface area contributed by atoms with Crippen LogP contribution in [0.2, 0.25) is 0 Å². The Morgan fingerprint density at radius 2 is 0.614 bits per heavy atom. The van der Waals surface area contributed by atoms with Gasteiger partial charge in [0.2, 0.25) is 0 Å². The Morgan fingerprint density at radius 3 is 0.916 bits per heavy atom. The van der Waals surface area contributed by atoms with E-state index in [9.17, 15) is 43.2 Å². The summed E-state index contributed by atoms with van der Waals surface area (Å²) in [6.45, 7) is 9.45. The van der Waals surface area contributed by atoms with Crippen LogP contribution in [0.5, 0.6) is 0 Å². The van der Waals surface area contributed by atoms with E-state index in [0.29, 0.717) is 25.7 Å². The van der Waals surface area contributed by atoms with Crippen LogP contribution in [0.1, 0.15) is 318 Å². The van der Waals surface area contributed by atoms with Crippen LogP contribution in [0.4, 0.5) is 0 Å². The Labute approximate surface area is 505 Å². The molecule has 0 saturated carbocycles. The van der Waals surface area contributed by atoms with Crippen molar-refractivity contribution in [2.24, 2.45) is 11.8 Å². The molecule has 492 valence electrons. The number of phosphoric acid groups is 2. The standard InChI is InChI=1S/C64H124O17P2/c1-7-10-12-14-16-17-18-22-30-36-42-48-63(68)80-59(52-74-61(66)46-40-34-26-15-13-11-8-2)54-78-82(70,71)76-50-58(65)51-77-83(72,73)79-55-60(53-75-62(67)47-41-35-29-25-24-28-33-39-45-57(6)9-3)81-64(69)49-43-37-31-23-20-19-21-27-32-38-44-56(4)5/h56-60,65H,7-55H2,1-6H3,(H,70,71)(H,72,73)/t57?,58-,59+,60+/m0/s1. The normalized spacial score (nSPS) is 14.6. The Hall–Kier alpha value is -1.94. The zero-order chi connectivity index (χ0) is 61.5. The van der Waals surface area contributed by atoms with Gasteiger partial charge in [0, 0.05) is 25.7 Å². The van der Waals surface area contributed by atoms with Crippen LogP contribution in [0.25, 0.3) is 0 Å². The van der Waals surface area contributed by atoms with E-state index >= 15 is 0 Å². The summed E-state index contributed by atoms with van der Waals surface area (Å²) in [7, 11) is -9.88. The molecule has 0 aromatic carbocycles. The van der Waals surface area contributed by atoms with E-state index in [1.54, 1.807) is 0 Å². The second-order valence-electron chi connectivity index (χ2n) is 23.9. The molecule has 0 fully saturated rings. The minimum absolute atomic E-state index is 0.105. The first-order valence-electron chi connectivity index (χ1n) is 33.5. The largest absolute Gasteiger partial charge is 0.472 e. The number of unbranched alkanes of at least 4 members (excludes halogenated alkanes) is 32. The third kappa shape index (κ3) is 57.6. The summed E-state index contributed by atoms with van der Waals surface area (Å²) in [6.07, 6.45) is 38.9. The molecule has 83 heavy (non-hydrogen) atoms. The minimum Gasteiger partial charge on any atom is -0.462 e. The van der Waals surface area contributed by atoms with Crippen molar-refractivity contribution in [2.45, 2.75) is 336 Å². The fraction of sp³-hybridized carbons (Fsp3) is 0.938. The molecule has 0 aliphatic rings. The number of phosphoric ester groups is 2. The van der Waals surface area contributed by atoms with Crippen molar-refractivity contribution in [2.75, 3.05) is 39.6 Å². The zero-order valence-electron chi connectivity index (χ0n) is 53.5. The average Bonchev–Trinajstić information content (AvgIpc) is 3.46. The third-order valence-electron chi connectivity index (χ3n) is 15.1. The van der Waals surface area contributed by atoms with Crippen LogP contribution < -0.4 is 0 Å². The number of hydrogen-bond donors (Lipinski definition) is 3. The Kier molecular flexibility index (Phi) is 55.2. The number of carbonyl (C=O) groups is 4. The second kappa shape index (κ2) is 56.6. The lowest BCUT2D eigenvalue weighted by molar-refractivity contribution is -0.161. The lowest BCUT2D eigenvalue weighted by atomic mass is 9.99. The number of carbonyl (C=O) groups excluding carboxylic acids is 4. The van der Waals surface area contributed by atoms with Gasteiger partial charge >= 0.3 is 39.5 Å². The maximum Gasteiger partial charge on any atom is 0.472 e. The van der Waals surface area contributed by atoms with Gasteiger partial charge in [-0.15, -0.1) is 0 Å². The summed E-state index contributed by atoms with van der Waals surface area (Å²) >= 11 is 0. The van der Waals surface area contributed by atoms with Crippen molar-refractivity contribution in [1.82, 2.24) is 0 Å². The van der Waals surface area contributed by atoms with Gasteiger partial charge in [-0.2, -0.15) is 0 Å². The molecule has 0 aromatic rings. The van der Waals surface area contributed by atoms with Gasteiger partial charge < -0.3 is 33.8 Å². The summed E-state index contributed by atoms with van der Waals surface area (Å²) in [6, 6.07) is 0. The predicted octanol–water partition coefficient (Wildman–Crippen LogP) is 17.7. The highest BCUT2D eigenvalue weighted by Gasteiger charge is 2.30. The number of hydrogen-bond acceptors (Lipinski definition) is 15. The zero-order valence-corrected chi connectivity index (χ0v) is 55.3. The molecule has 0 bridgehead atoms. The van der Waals surface area contributed by atoms with Crippen LogP contribution in [0.15, 0.2) is 0 Å². The highest BCUT2D eigenvalue weighted by molar-refractivity contribution is 7.47. The van der Waals surface area contributed by atoms with Crippen molar-refractivity contribution in [3.63, 3.8) is 0 Å². The molecular formula is C64H124O17P2. The van der Waals surface area contributed by atoms with E-state index in [1.807, 2.05) is 0 Å². The fourth-order valence-corrected chi connectivity index (χ4v) is 11.1. The van der Waals surface area contributed by atoms with Crippen LogP contribution in [0.3, 0.4) is 0 Å². The van der Waals surface area contributed by atoms with Gasteiger partial charge in [0.25, 0.3) is 0 Å². The fourth-order valence-electron chi connectivity index (χ4n) is 9.50. The Bertz CT molecular complexity index is 1630. The van der Waals surface area contributed by atoms with Gasteiger partial charge in [0.1, 0.15) is 19.3 Å². The number of esters is 4. The van der Waals surface area contributed by atoms with Crippen LogP contribution >= 0.6 is 15.6 Å². The van der Waals surface area contributed by atoms with Crippen molar-refractivity contribution < 1.29 is 80.2 Å². The number of ether oxygens (including phenoxy) is 4. The monoisotopic (exact) mass is 1230 g/mol. The van der Waals surface area contributed by atoms with Crippen LogP contribution in [0, 0.1) is 11.8 Å². The second-order valence-corrected chi connectivity index (χ2v) is 26.8. The van der Waals surface area contributed by atoms with E-state index < -0.39 is 97.5 Å². The molecule has 19 heteroatoms. The quantitative estimate of drug-likeness (QED) is 0.0222. The summed E-state index contributed by atoms with van der Waals surface area (Å²) in [5.74, 6) is -0.608. The van der Waals surface area contributed by atoms with Gasteiger partial charge in [0.05, 0.1) is 26.4 Å². The van der Waals surface area contributed by atoms with Gasteiger partial charge in [-0.3, -0.25) is 37.3 Å². The molecule has 0 spiro atoms. The molecule has 0 radical (unpaired) electrons. The van der Waals surface area contributed by atoms with E-state index in [1.165, 1.54) is 122 Å². The molecule has 6 atom stereocenters. The number of rotatable bonds is 63. The summed E-state index contributed by atoms with van der Waals surface area (Å²) in [5.41, 5.74) is 0. The van der Waals surface area contributed by atoms with Crippen LogP contribution in [-0.4, -0.2) is 96.7 Å². The molecule has 3 N–H and O–H groups in total. The molecule has 0 aromatic heterocycles. The highest BCUT2D eigenvalue weighted by Crippen LogP contribution is 2.45. The smallest absolute Gasteiger partial charge is 0.462 e. The Balaban J connectivity index is 5.23. The third-order valence-corrected chi connectivity index (χ3v) is 17.0. The first kappa shape index (κ1) is 81.1. The van der Waals surface area contributed by atoms with E-state index in [-0.39, 0.29) is 25.7 Å². The first-order chi connectivity index (χ1) is 39.9. The van der Waals surface area contributed by atoms with Crippen molar-refractivity contribution in [3.05, 3.63) is 0 Å². The molecule has 0 rings (SSSR count). The van der Waals surface area contributed by atoms with Crippen molar-refractivity contribution >= 4 is 39.5 Å². The van der Waals surface area contributed by atoms with Crippen molar-refractivity contribution in [1.29, 1.82) is 0 Å². The van der Waals surface area contributed by atoms with Crippen molar-refractivity contribution in [3.8, 4) is 0 Å². The molecule has 0 heterocycles. The highest BCUT2D eigenvalue weighted by atomic mass is 31.2. The SMILES string of the molecule is CCCCCCCCCCCCCC(=O)O[C@H](COC(=O)CCCCCCCCC)COP(=O)(O)OC[C@H](O)COP(=O)(O)OC[C@@H](COC(=O)CCCCCCCCCCC(C)CC)OC(=O)CCCCCCCCCCCCC(C)C. The minimum atomic E-state index is -4.94. The van der Waals surface area contributed by atoms with E-state index in [4.69, 9.17) is 37.0 Å². The maximum absolute atomic E-state index is 13.0. The maximum atomic E-state index is 13.0. The lowest BCUT2D eigenvalue weighted by Gasteiger charge is -2.21. The molecular weight excluding hydrogens is 1100 g/mol. The van der Waals surface area contributed by atoms with Gasteiger partial charge in [-0.05, 0) is 37.5 Å². The van der Waals surface area contributed by atoms with E-state index in [0.717, 1.165) is 115 Å². The summed E-state index contributed by atoms with van der Waals surface area (Å²) < 4.78 is 67.9. The average molecular weight is 1230 g/mol. The topological polar surface area (TPSA) is 237 Å². The molecule has 0 aliphatic heterocycles. The Morgan fingerprint density at radius 1 is 0.349 bits per heavy atom. The number of aliphatic hydroxyl groups excluding tert-OH is 1. The van der Waals surface area contributed by atoms with Gasteiger partial charge in [0.15, 0.2) is 12.2 Å². The van der Waals surface area contributed by atoms with Gasteiger partial charge in [-0.25, -0.2) is 9.13 Å². The lowest BCUT2D eigenvalue weighted by Crippen LogP contribution is -2.30. The van der Waals surface area contributed by atoms with E-state index in [2.05, 4.69) is 41.5 Å². The molecule has 0 aliphatic carbocycles. The summed E-state index contributed by atoms with van der Waals surface area (Å²) in [4.78, 5) is 72.1. The molecule has 0 saturated heterocycles. The number of aliphatic hydroxyl groups is 1. The first-order valence-corrected chi connectivity index (χ1v) is 36.5. The molecule has 3 unspecified atom stereocenters. The van der Waals surface area contributed by atoms with Crippen LogP contribution in [-0.2, 0) is 65.4 Å². The predicted molar refractivity (Wildman–Crippen MR) is 331 cm³/mol.